The number of amides is 2. The zero-order valence-electron chi connectivity index (χ0n) is 15.6. The van der Waals surface area contributed by atoms with Gasteiger partial charge < -0.3 is 10.6 Å². The van der Waals surface area contributed by atoms with Crippen molar-refractivity contribution in [2.24, 2.45) is 0 Å². The fraction of sp³-hybridized carbons (Fsp3) is 0.190. The predicted octanol–water partition coefficient (Wildman–Crippen LogP) is 3.75. The normalized spacial score (nSPS) is 16.8. The lowest BCUT2D eigenvalue weighted by molar-refractivity contribution is -0.121. The van der Waals surface area contributed by atoms with E-state index in [0.717, 1.165) is 23.0 Å². The van der Waals surface area contributed by atoms with Crippen LogP contribution in [0.4, 0.5) is 14.5 Å². The summed E-state index contributed by atoms with van der Waals surface area (Å²) in [6.45, 7) is 1.67. The minimum atomic E-state index is -0.735. The van der Waals surface area contributed by atoms with Crippen molar-refractivity contribution in [2.45, 2.75) is 25.7 Å². The van der Waals surface area contributed by atoms with Crippen molar-refractivity contribution >= 4 is 28.4 Å². The first-order chi connectivity index (χ1) is 13.9. The van der Waals surface area contributed by atoms with Crippen LogP contribution in [0.1, 0.15) is 31.2 Å². The first-order valence-electron chi connectivity index (χ1n) is 9.08. The van der Waals surface area contributed by atoms with Crippen molar-refractivity contribution in [1.29, 1.82) is 0 Å². The molecule has 0 bridgehead atoms. The Kier molecular flexibility index (Phi) is 4.84. The van der Waals surface area contributed by atoms with Gasteiger partial charge >= 0.3 is 0 Å². The smallest absolute Gasteiger partial charge is 0.228 e. The second kappa shape index (κ2) is 7.46. The third kappa shape index (κ3) is 3.87. The molecule has 148 valence electrons. The Morgan fingerprint density at radius 1 is 1.24 bits per heavy atom. The molecule has 2 aromatic carbocycles. The highest BCUT2D eigenvalue weighted by Gasteiger charge is 2.30. The van der Waals surface area contributed by atoms with Crippen LogP contribution >= 0.6 is 0 Å². The maximum atomic E-state index is 14.4. The summed E-state index contributed by atoms with van der Waals surface area (Å²) in [4.78, 5) is 24.7. The van der Waals surface area contributed by atoms with Crippen LogP contribution in [-0.4, -0.2) is 22.0 Å². The van der Waals surface area contributed by atoms with Gasteiger partial charge in [0.05, 0.1) is 18.1 Å². The molecule has 2 heterocycles. The fourth-order valence-electron chi connectivity index (χ4n) is 3.65. The number of nitrogens with one attached hydrogen (secondary N) is 3. The van der Waals surface area contributed by atoms with Gasteiger partial charge in [0.1, 0.15) is 11.6 Å². The van der Waals surface area contributed by atoms with Crippen LogP contribution in [0.2, 0.25) is 0 Å². The van der Waals surface area contributed by atoms with Crippen LogP contribution in [0, 0.1) is 11.6 Å². The Bertz CT molecular complexity index is 1150. The molecule has 1 aliphatic rings. The van der Waals surface area contributed by atoms with Crippen LogP contribution in [0.25, 0.3) is 10.9 Å². The summed E-state index contributed by atoms with van der Waals surface area (Å²) in [5.41, 5.74) is 2.76. The van der Waals surface area contributed by atoms with Crippen molar-refractivity contribution in [2.75, 3.05) is 5.32 Å². The lowest BCUT2D eigenvalue weighted by atomic mass is 9.82. The second-order valence-corrected chi connectivity index (χ2v) is 7.02. The number of hydrogen-bond donors (Lipinski definition) is 3. The molecule has 3 aromatic rings. The van der Waals surface area contributed by atoms with E-state index in [0.29, 0.717) is 17.0 Å². The van der Waals surface area contributed by atoms with Crippen molar-refractivity contribution in [1.82, 2.24) is 15.5 Å². The van der Waals surface area contributed by atoms with Gasteiger partial charge in [-0.2, -0.15) is 5.10 Å². The minimum Gasteiger partial charge on any atom is -0.330 e. The van der Waals surface area contributed by atoms with E-state index in [2.05, 4.69) is 20.8 Å². The van der Waals surface area contributed by atoms with Crippen molar-refractivity contribution in [3.8, 4) is 0 Å². The summed E-state index contributed by atoms with van der Waals surface area (Å²) < 4.78 is 27.7. The summed E-state index contributed by atoms with van der Waals surface area (Å²) in [6.07, 6.45) is 1.61. The zero-order chi connectivity index (χ0) is 20.5. The maximum Gasteiger partial charge on any atom is 0.228 e. The lowest BCUT2D eigenvalue weighted by Gasteiger charge is -2.28. The molecule has 4 rings (SSSR count). The molecule has 0 saturated carbocycles. The number of aromatic nitrogens is 2. The van der Waals surface area contributed by atoms with Gasteiger partial charge in [0.15, 0.2) is 0 Å². The molecule has 0 saturated heterocycles. The zero-order valence-corrected chi connectivity index (χ0v) is 15.6. The number of allylic oxidation sites excluding steroid dienone is 1. The SMILES string of the molecule is CC1=C(CC(=O)Nc2ccc3[nH]ncc3c2)C(c2ccc(F)cc2F)CC(=O)N1. The number of carbonyl (C=O) groups is 2. The average molecular weight is 396 g/mol. The highest BCUT2D eigenvalue weighted by molar-refractivity contribution is 5.95. The van der Waals surface area contributed by atoms with E-state index in [1.165, 1.54) is 6.07 Å². The van der Waals surface area contributed by atoms with E-state index >= 15 is 0 Å². The Morgan fingerprint density at radius 2 is 2.07 bits per heavy atom. The summed E-state index contributed by atoms with van der Waals surface area (Å²) >= 11 is 0. The second-order valence-electron chi connectivity index (χ2n) is 7.02. The Morgan fingerprint density at radius 3 is 2.86 bits per heavy atom. The van der Waals surface area contributed by atoms with Gasteiger partial charge in [-0.05, 0) is 42.3 Å². The minimum absolute atomic E-state index is 0.0104. The van der Waals surface area contributed by atoms with Crippen molar-refractivity contribution in [3.05, 3.63) is 71.1 Å². The van der Waals surface area contributed by atoms with Crippen LogP contribution in [-0.2, 0) is 9.59 Å². The Balaban J connectivity index is 1.58. The van der Waals surface area contributed by atoms with Gasteiger partial charge in [0, 0.05) is 35.2 Å². The number of aromatic amines is 1. The number of fused-ring (bicyclic) bond motifs is 1. The lowest BCUT2D eigenvalue weighted by Crippen LogP contribution is -2.32. The molecule has 6 nitrogen and oxygen atoms in total. The standard InChI is InChI=1S/C21H18F2N4O2/c1-11-16(8-21(29)26-14-3-5-19-12(6-14)10-24-27-19)17(9-20(28)25-11)15-4-2-13(22)7-18(15)23/h2-7,10,17H,8-9H2,1H3,(H,24,27)(H,25,28)(H,26,29). The first kappa shape index (κ1) is 18.8. The number of hydrogen-bond acceptors (Lipinski definition) is 3. The highest BCUT2D eigenvalue weighted by Crippen LogP contribution is 2.36. The van der Waals surface area contributed by atoms with E-state index in [1.54, 1.807) is 31.3 Å². The predicted molar refractivity (Wildman–Crippen MR) is 104 cm³/mol. The third-order valence-corrected chi connectivity index (χ3v) is 5.03. The molecule has 1 aromatic heterocycles. The molecular formula is C21H18F2N4O2. The van der Waals surface area contributed by atoms with Gasteiger partial charge in [-0.3, -0.25) is 14.7 Å². The average Bonchev–Trinajstić information content (AvgIpc) is 3.12. The number of benzene rings is 2. The maximum absolute atomic E-state index is 14.4. The number of H-pyrrole nitrogens is 1. The molecule has 29 heavy (non-hydrogen) atoms. The van der Waals surface area contributed by atoms with E-state index < -0.39 is 17.6 Å². The Labute approximate surface area is 165 Å². The van der Waals surface area contributed by atoms with Crippen LogP contribution in [0.15, 0.2) is 53.9 Å². The molecule has 0 aliphatic carbocycles. The summed E-state index contributed by atoms with van der Waals surface area (Å²) in [5.74, 6) is -2.63. The largest absolute Gasteiger partial charge is 0.330 e. The topological polar surface area (TPSA) is 86.9 Å². The van der Waals surface area contributed by atoms with Crippen molar-refractivity contribution in [3.63, 3.8) is 0 Å². The van der Waals surface area contributed by atoms with E-state index in [-0.39, 0.29) is 30.2 Å². The molecule has 3 N–H and O–H groups in total. The van der Waals surface area contributed by atoms with E-state index in [1.807, 2.05) is 0 Å². The molecule has 0 radical (unpaired) electrons. The molecular weight excluding hydrogens is 378 g/mol. The molecule has 0 spiro atoms. The first-order valence-corrected chi connectivity index (χ1v) is 9.08. The molecule has 0 fully saturated rings. The van der Waals surface area contributed by atoms with E-state index in [4.69, 9.17) is 0 Å². The number of rotatable bonds is 4. The van der Waals surface area contributed by atoms with Gasteiger partial charge in [0.25, 0.3) is 0 Å². The number of carbonyl (C=O) groups excluding carboxylic acids is 2. The Hall–Kier alpha value is -3.55. The number of anilines is 1. The molecule has 1 unspecified atom stereocenters. The summed E-state index contributed by atoms with van der Waals surface area (Å²) in [6, 6.07) is 8.61. The van der Waals surface area contributed by atoms with Gasteiger partial charge in [-0.15, -0.1) is 0 Å². The summed E-state index contributed by atoms with van der Waals surface area (Å²) in [5, 5.41) is 13.2. The molecule has 8 heteroatoms. The van der Waals surface area contributed by atoms with Gasteiger partial charge in [0.2, 0.25) is 11.8 Å². The van der Waals surface area contributed by atoms with Gasteiger partial charge in [-0.25, -0.2) is 8.78 Å². The molecule has 2 amide bonds. The number of nitrogens with zero attached hydrogens (tertiary/aromatic N) is 1. The van der Waals surface area contributed by atoms with Gasteiger partial charge in [-0.1, -0.05) is 6.07 Å². The number of halogens is 2. The molecule has 1 aliphatic heterocycles. The quantitative estimate of drug-likeness (QED) is 0.628. The summed E-state index contributed by atoms with van der Waals surface area (Å²) in [7, 11) is 0. The van der Waals surface area contributed by atoms with E-state index in [9.17, 15) is 18.4 Å². The van der Waals surface area contributed by atoms with Crippen LogP contribution in [0.3, 0.4) is 0 Å². The third-order valence-electron chi connectivity index (χ3n) is 5.03. The van der Waals surface area contributed by atoms with Crippen LogP contribution < -0.4 is 10.6 Å². The van der Waals surface area contributed by atoms with Crippen LogP contribution in [0.5, 0.6) is 0 Å². The highest BCUT2D eigenvalue weighted by atomic mass is 19.1. The van der Waals surface area contributed by atoms with Crippen molar-refractivity contribution < 1.29 is 18.4 Å². The monoisotopic (exact) mass is 396 g/mol. The molecule has 1 atom stereocenters. The fourth-order valence-corrected chi connectivity index (χ4v) is 3.65.